The molecular formula is C25H30N2O3S2. The number of hydrogen-bond acceptors (Lipinski definition) is 5. The van der Waals surface area contributed by atoms with E-state index in [4.69, 9.17) is 17.0 Å². The molecule has 5 nitrogen and oxygen atoms in total. The second kappa shape index (κ2) is 8.82. The highest BCUT2D eigenvalue weighted by molar-refractivity contribution is 8.26. The Hall–Kier alpha value is -1.86. The molecular weight excluding hydrogens is 440 g/mol. The van der Waals surface area contributed by atoms with Gasteiger partial charge in [-0.1, -0.05) is 36.1 Å². The molecule has 1 N–H and O–H groups in total. The first kappa shape index (κ1) is 22.0. The van der Waals surface area contributed by atoms with Crippen LogP contribution in [0.4, 0.5) is 0 Å². The number of hydrogen-bond donors (Lipinski definition) is 1. The minimum atomic E-state index is -0.0719. The Morgan fingerprint density at radius 3 is 2.41 bits per heavy atom. The first-order valence-corrected chi connectivity index (χ1v) is 12.9. The van der Waals surface area contributed by atoms with Crippen LogP contribution in [-0.2, 0) is 9.59 Å². The maximum Gasteiger partial charge on any atom is 0.266 e. The summed E-state index contributed by atoms with van der Waals surface area (Å²) in [6.45, 7) is 0.485. The second-order valence-corrected chi connectivity index (χ2v) is 11.6. The quantitative estimate of drug-likeness (QED) is 0.460. The normalized spacial score (nSPS) is 32.1. The molecule has 7 heteroatoms. The maximum absolute atomic E-state index is 12.8. The first-order chi connectivity index (χ1) is 15.4. The Labute approximate surface area is 199 Å². The Morgan fingerprint density at radius 2 is 1.81 bits per heavy atom. The lowest BCUT2D eigenvalue weighted by Crippen LogP contribution is -2.59. The van der Waals surface area contributed by atoms with Crippen LogP contribution in [0.2, 0.25) is 0 Å². The molecule has 0 unspecified atom stereocenters. The average Bonchev–Trinajstić information content (AvgIpc) is 3.00. The number of amides is 2. The molecule has 1 aliphatic heterocycles. The molecule has 1 aromatic rings. The fourth-order valence-electron chi connectivity index (χ4n) is 6.56. The van der Waals surface area contributed by atoms with Crippen molar-refractivity contribution in [2.45, 2.75) is 56.9 Å². The summed E-state index contributed by atoms with van der Waals surface area (Å²) in [5.74, 6) is 3.28. The van der Waals surface area contributed by atoms with Crippen LogP contribution in [0.1, 0.15) is 56.9 Å². The third kappa shape index (κ3) is 4.46. The fourth-order valence-corrected chi connectivity index (χ4v) is 7.87. The van der Waals surface area contributed by atoms with Crippen LogP contribution in [0, 0.1) is 17.8 Å². The summed E-state index contributed by atoms with van der Waals surface area (Å²) in [5.41, 5.74) is 0.982. The van der Waals surface area contributed by atoms with Crippen LogP contribution >= 0.6 is 24.0 Å². The van der Waals surface area contributed by atoms with Gasteiger partial charge in [0.05, 0.1) is 12.0 Å². The third-order valence-corrected chi connectivity index (χ3v) is 8.89. The van der Waals surface area contributed by atoms with Crippen molar-refractivity contribution in [1.82, 2.24) is 10.2 Å². The minimum Gasteiger partial charge on any atom is -0.497 e. The monoisotopic (exact) mass is 470 g/mol. The molecule has 32 heavy (non-hydrogen) atoms. The molecule has 2 amide bonds. The molecule has 170 valence electrons. The highest BCUT2D eigenvalue weighted by Gasteiger charge is 2.51. The highest BCUT2D eigenvalue weighted by atomic mass is 32.2. The molecule has 4 saturated carbocycles. The molecule has 4 bridgehead atoms. The van der Waals surface area contributed by atoms with Crippen molar-refractivity contribution in [1.29, 1.82) is 0 Å². The Bertz CT molecular complexity index is 921. The molecule has 0 radical (unpaired) electrons. The van der Waals surface area contributed by atoms with Gasteiger partial charge >= 0.3 is 0 Å². The van der Waals surface area contributed by atoms with Gasteiger partial charge in [0.2, 0.25) is 5.91 Å². The first-order valence-electron chi connectivity index (χ1n) is 11.6. The number of ether oxygens (including phenoxy) is 1. The number of carbonyl (C=O) groups excluding carboxylic acids is 2. The summed E-state index contributed by atoms with van der Waals surface area (Å²) < 4.78 is 5.75. The van der Waals surface area contributed by atoms with E-state index in [1.807, 2.05) is 30.3 Å². The summed E-state index contributed by atoms with van der Waals surface area (Å²) in [6, 6.07) is 7.57. The van der Waals surface area contributed by atoms with E-state index < -0.39 is 0 Å². The SMILES string of the molecule is COc1ccc(/C=C2\SC(=S)N(CCCC(=O)NC34CC5CC(CC(C5)C3)C4)C2=O)cc1. The molecule has 6 rings (SSSR count). The van der Waals surface area contributed by atoms with Gasteiger partial charge in [-0.25, -0.2) is 0 Å². The molecule has 1 heterocycles. The summed E-state index contributed by atoms with van der Waals surface area (Å²) in [4.78, 5) is 27.8. The topological polar surface area (TPSA) is 58.6 Å². The summed E-state index contributed by atoms with van der Waals surface area (Å²) >= 11 is 6.77. The van der Waals surface area contributed by atoms with Crippen LogP contribution in [0.5, 0.6) is 5.75 Å². The van der Waals surface area contributed by atoms with E-state index >= 15 is 0 Å². The number of thioether (sulfide) groups is 1. The standard InChI is InChI=1S/C25H30N2O3S2/c1-30-20-6-4-16(5-7-20)12-21-23(29)27(24(31)32-21)8-2-3-22(28)26-25-13-17-9-18(14-25)11-19(10-17)15-25/h4-7,12,17-19H,2-3,8-11,13-15H2,1H3,(H,26,28)/b21-12-. The van der Waals surface area contributed by atoms with E-state index in [-0.39, 0.29) is 17.4 Å². The maximum atomic E-state index is 12.8. The average molecular weight is 471 g/mol. The number of benzene rings is 1. The molecule has 0 aromatic heterocycles. The summed E-state index contributed by atoms with van der Waals surface area (Å²) in [6.07, 6.45) is 10.5. The number of nitrogens with one attached hydrogen (secondary N) is 1. The van der Waals surface area contributed by atoms with Gasteiger partial charge < -0.3 is 10.1 Å². The second-order valence-electron chi connectivity index (χ2n) is 9.96. The Kier molecular flexibility index (Phi) is 6.05. The zero-order chi connectivity index (χ0) is 22.3. The van der Waals surface area contributed by atoms with Gasteiger partial charge in [0.25, 0.3) is 5.91 Å². The van der Waals surface area contributed by atoms with Crippen molar-refractivity contribution in [2.24, 2.45) is 17.8 Å². The lowest BCUT2D eigenvalue weighted by molar-refractivity contribution is -0.127. The van der Waals surface area contributed by atoms with Gasteiger partial charge in [-0.2, -0.15) is 0 Å². The molecule has 5 aliphatic rings. The van der Waals surface area contributed by atoms with Crippen molar-refractivity contribution >= 4 is 46.2 Å². The van der Waals surface area contributed by atoms with E-state index in [0.717, 1.165) is 48.3 Å². The Balaban J connectivity index is 1.13. The molecule has 5 fully saturated rings. The van der Waals surface area contributed by atoms with Crippen LogP contribution in [-0.4, -0.2) is 40.2 Å². The van der Waals surface area contributed by atoms with Gasteiger partial charge in [0.1, 0.15) is 10.1 Å². The Morgan fingerprint density at radius 1 is 1.19 bits per heavy atom. The molecule has 1 aromatic carbocycles. The van der Waals surface area contributed by atoms with Gasteiger partial charge in [-0.05, 0) is 86.5 Å². The smallest absolute Gasteiger partial charge is 0.266 e. The van der Waals surface area contributed by atoms with Crippen LogP contribution < -0.4 is 10.1 Å². The minimum absolute atomic E-state index is 0.0503. The van der Waals surface area contributed by atoms with Gasteiger partial charge in [-0.15, -0.1) is 0 Å². The van der Waals surface area contributed by atoms with E-state index in [0.29, 0.717) is 28.6 Å². The summed E-state index contributed by atoms with van der Waals surface area (Å²) in [5, 5.41) is 3.42. The van der Waals surface area contributed by atoms with Crippen LogP contribution in [0.25, 0.3) is 6.08 Å². The predicted octanol–water partition coefficient (Wildman–Crippen LogP) is 4.76. The van der Waals surface area contributed by atoms with E-state index in [9.17, 15) is 9.59 Å². The number of carbonyl (C=O) groups is 2. The molecule has 4 aliphatic carbocycles. The zero-order valence-electron chi connectivity index (χ0n) is 18.5. The molecule has 0 atom stereocenters. The van der Waals surface area contributed by atoms with E-state index in [2.05, 4.69) is 5.32 Å². The lowest BCUT2D eigenvalue weighted by Gasteiger charge is -2.56. The lowest BCUT2D eigenvalue weighted by atomic mass is 9.53. The van der Waals surface area contributed by atoms with E-state index in [1.54, 1.807) is 12.0 Å². The summed E-state index contributed by atoms with van der Waals surface area (Å²) in [7, 11) is 1.63. The molecule has 1 saturated heterocycles. The van der Waals surface area contributed by atoms with Gasteiger partial charge in [0.15, 0.2) is 0 Å². The van der Waals surface area contributed by atoms with Gasteiger partial charge in [0, 0.05) is 18.5 Å². The van der Waals surface area contributed by atoms with Crippen molar-refractivity contribution in [3.05, 3.63) is 34.7 Å². The van der Waals surface area contributed by atoms with Crippen LogP contribution in [0.3, 0.4) is 0 Å². The third-order valence-electron chi connectivity index (χ3n) is 7.52. The van der Waals surface area contributed by atoms with E-state index in [1.165, 1.54) is 31.0 Å². The van der Waals surface area contributed by atoms with Crippen LogP contribution in [0.15, 0.2) is 29.2 Å². The number of methoxy groups -OCH3 is 1. The van der Waals surface area contributed by atoms with Crippen molar-refractivity contribution < 1.29 is 14.3 Å². The largest absolute Gasteiger partial charge is 0.497 e. The zero-order valence-corrected chi connectivity index (χ0v) is 20.1. The predicted molar refractivity (Wildman–Crippen MR) is 131 cm³/mol. The molecule has 0 spiro atoms. The van der Waals surface area contributed by atoms with Crippen molar-refractivity contribution in [3.8, 4) is 5.75 Å². The number of rotatable bonds is 7. The number of thiocarbonyl (C=S) groups is 1. The fraction of sp³-hybridized carbons (Fsp3) is 0.560. The highest BCUT2D eigenvalue weighted by Crippen LogP contribution is 2.55. The van der Waals surface area contributed by atoms with Crippen molar-refractivity contribution in [2.75, 3.05) is 13.7 Å². The van der Waals surface area contributed by atoms with Gasteiger partial charge in [-0.3, -0.25) is 14.5 Å². The van der Waals surface area contributed by atoms with Crippen molar-refractivity contribution in [3.63, 3.8) is 0 Å². The number of nitrogens with zero attached hydrogens (tertiary/aromatic N) is 1.